The highest BCUT2D eigenvalue weighted by atomic mass is 79.9. The number of nitrogens with one attached hydrogen (secondary N) is 1. The lowest BCUT2D eigenvalue weighted by Crippen LogP contribution is -2.16. The van der Waals surface area contributed by atoms with Crippen LogP contribution in [0.15, 0.2) is 40.9 Å². The summed E-state index contributed by atoms with van der Waals surface area (Å²) < 4.78 is 27.1. The van der Waals surface area contributed by atoms with Crippen LogP contribution in [0.1, 0.15) is 11.1 Å². The molecule has 2 rings (SSSR count). The Kier molecular flexibility index (Phi) is 4.49. The molecule has 0 aliphatic carbocycles. The number of aryl methyl sites for hydroxylation is 1. The fraction of sp³-hybridized carbons (Fsp3) is 0.133. The van der Waals surface area contributed by atoms with Gasteiger partial charge < -0.3 is 5.32 Å². The number of halogens is 3. The molecule has 0 unspecified atom stereocenters. The maximum atomic E-state index is 13.5. The van der Waals surface area contributed by atoms with Gasteiger partial charge in [-0.1, -0.05) is 22.0 Å². The second-order valence-corrected chi connectivity index (χ2v) is 5.34. The van der Waals surface area contributed by atoms with Gasteiger partial charge in [-0.25, -0.2) is 8.78 Å². The zero-order chi connectivity index (χ0) is 14.7. The highest BCUT2D eigenvalue weighted by molar-refractivity contribution is 9.10. The van der Waals surface area contributed by atoms with Crippen molar-refractivity contribution < 1.29 is 13.6 Å². The Hall–Kier alpha value is -1.75. The van der Waals surface area contributed by atoms with E-state index in [0.717, 1.165) is 22.2 Å². The molecule has 0 spiro atoms. The van der Waals surface area contributed by atoms with Gasteiger partial charge in [-0.05, 0) is 42.3 Å². The molecule has 20 heavy (non-hydrogen) atoms. The Morgan fingerprint density at radius 3 is 2.60 bits per heavy atom. The van der Waals surface area contributed by atoms with Crippen LogP contribution in [0, 0.1) is 18.6 Å². The summed E-state index contributed by atoms with van der Waals surface area (Å²) in [6.07, 6.45) is -0.137. The average Bonchev–Trinajstić information content (AvgIpc) is 2.36. The Morgan fingerprint density at radius 1 is 1.20 bits per heavy atom. The number of amides is 1. The summed E-state index contributed by atoms with van der Waals surface area (Å²) in [5.74, 6) is -1.72. The Balaban J connectivity index is 2.09. The first-order valence-corrected chi connectivity index (χ1v) is 6.75. The van der Waals surface area contributed by atoms with Crippen LogP contribution in [0.3, 0.4) is 0 Å². The topological polar surface area (TPSA) is 29.1 Å². The summed E-state index contributed by atoms with van der Waals surface area (Å²) in [6, 6.07) is 8.62. The Morgan fingerprint density at radius 2 is 1.95 bits per heavy atom. The molecule has 0 aliphatic rings. The van der Waals surface area contributed by atoms with Crippen LogP contribution < -0.4 is 5.32 Å². The molecular weight excluding hydrogens is 328 g/mol. The monoisotopic (exact) mass is 339 g/mol. The smallest absolute Gasteiger partial charge is 0.228 e. The van der Waals surface area contributed by atoms with Gasteiger partial charge in [0.05, 0.1) is 6.42 Å². The second kappa shape index (κ2) is 6.13. The minimum absolute atomic E-state index is 0.137. The van der Waals surface area contributed by atoms with Crippen molar-refractivity contribution in [3.05, 3.63) is 63.6 Å². The highest BCUT2D eigenvalue weighted by Gasteiger charge is 2.10. The molecular formula is C15H12BrF2NO. The Bertz CT molecular complexity index is 603. The zero-order valence-corrected chi connectivity index (χ0v) is 12.3. The number of carbonyl (C=O) groups excluding carboxylic acids is 1. The summed E-state index contributed by atoms with van der Waals surface area (Å²) in [6.45, 7) is 1.86. The third-order valence-electron chi connectivity index (χ3n) is 2.83. The number of carbonyl (C=O) groups is 1. The van der Waals surface area contributed by atoms with Crippen LogP contribution in [0.2, 0.25) is 0 Å². The zero-order valence-electron chi connectivity index (χ0n) is 10.7. The SMILES string of the molecule is Cc1cc(Br)ccc1NC(=O)Cc1ccc(F)cc1F. The second-order valence-electron chi connectivity index (χ2n) is 4.42. The van der Waals surface area contributed by atoms with Gasteiger partial charge in [0.25, 0.3) is 0 Å². The third kappa shape index (κ3) is 3.63. The van der Waals surface area contributed by atoms with E-state index in [4.69, 9.17) is 0 Å². The van der Waals surface area contributed by atoms with E-state index in [0.29, 0.717) is 5.69 Å². The molecule has 0 fully saturated rings. The fourth-order valence-electron chi connectivity index (χ4n) is 1.80. The predicted molar refractivity (Wildman–Crippen MR) is 77.6 cm³/mol. The summed E-state index contributed by atoms with van der Waals surface area (Å²) >= 11 is 3.33. The Labute approximate surface area is 123 Å². The summed E-state index contributed by atoms with van der Waals surface area (Å²) in [4.78, 5) is 11.9. The third-order valence-corrected chi connectivity index (χ3v) is 3.32. The van der Waals surface area contributed by atoms with Gasteiger partial charge in [-0.15, -0.1) is 0 Å². The van der Waals surface area contributed by atoms with Crippen molar-refractivity contribution in [2.75, 3.05) is 5.32 Å². The van der Waals surface area contributed by atoms with Crippen LogP contribution >= 0.6 is 15.9 Å². The fourth-order valence-corrected chi connectivity index (χ4v) is 2.28. The molecule has 1 amide bonds. The van der Waals surface area contributed by atoms with E-state index in [9.17, 15) is 13.6 Å². The molecule has 0 heterocycles. The first-order valence-electron chi connectivity index (χ1n) is 5.95. The molecule has 0 atom stereocenters. The molecule has 2 aromatic carbocycles. The van der Waals surface area contributed by atoms with E-state index in [1.807, 2.05) is 13.0 Å². The predicted octanol–water partition coefficient (Wildman–Crippen LogP) is 4.22. The normalized spacial score (nSPS) is 10.4. The maximum absolute atomic E-state index is 13.5. The highest BCUT2D eigenvalue weighted by Crippen LogP contribution is 2.20. The van der Waals surface area contributed by atoms with E-state index < -0.39 is 11.6 Å². The van der Waals surface area contributed by atoms with Crippen molar-refractivity contribution in [1.29, 1.82) is 0 Å². The van der Waals surface area contributed by atoms with E-state index >= 15 is 0 Å². The van der Waals surface area contributed by atoms with E-state index in [-0.39, 0.29) is 17.9 Å². The van der Waals surface area contributed by atoms with Gasteiger partial charge in [0.1, 0.15) is 11.6 Å². The van der Waals surface area contributed by atoms with E-state index in [1.54, 1.807) is 12.1 Å². The van der Waals surface area contributed by atoms with Gasteiger partial charge in [-0.2, -0.15) is 0 Å². The lowest BCUT2D eigenvalue weighted by Gasteiger charge is -2.09. The molecule has 1 N–H and O–H groups in total. The van der Waals surface area contributed by atoms with E-state index in [1.165, 1.54) is 6.07 Å². The van der Waals surface area contributed by atoms with Gasteiger partial charge >= 0.3 is 0 Å². The number of benzene rings is 2. The van der Waals surface area contributed by atoms with Crippen molar-refractivity contribution in [2.24, 2.45) is 0 Å². The lowest BCUT2D eigenvalue weighted by atomic mass is 10.1. The van der Waals surface area contributed by atoms with Crippen molar-refractivity contribution in [3.8, 4) is 0 Å². The number of rotatable bonds is 3. The summed E-state index contributed by atoms with van der Waals surface area (Å²) in [7, 11) is 0. The minimum Gasteiger partial charge on any atom is -0.326 e. The molecule has 0 bridgehead atoms. The van der Waals surface area contributed by atoms with E-state index in [2.05, 4.69) is 21.2 Å². The summed E-state index contributed by atoms with van der Waals surface area (Å²) in [5.41, 5.74) is 1.73. The first-order chi connectivity index (χ1) is 9.45. The number of hydrogen-bond acceptors (Lipinski definition) is 1. The van der Waals surface area contributed by atoms with Crippen molar-refractivity contribution in [1.82, 2.24) is 0 Å². The van der Waals surface area contributed by atoms with Gasteiger partial charge in [0.15, 0.2) is 0 Å². The molecule has 2 nitrogen and oxygen atoms in total. The number of hydrogen-bond donors (Lipinski definition) is 1. The largest absolute Gasteiger partial charge is 0.326 e. The molecule has 5 heteroatoms. The molecule has 0 saturated carbocycles. The molecule has 104 valence electrons. The maximum Gasteiger partial charge on any atom is 0.228 e. The van der Waals surface area contributed by atoms with Crippen LogP contribution in [0.4, 0.5) is 14.5 Å². The van der Waals surface area contributed by atoms with Crippen LogP contribution in [-0.4, -0.2) is 5.91 Å². The van der Waals surface area contributed by atoms with Crippen LogP contribution in [0.5, 0.6) is 0 Å². The molecule has 2 aromatic rings. The van der Waals surface area contributed by atoms with Crippen molar-refractivity contribution in [3.63, 3.8) is 0 Å². The quantitative estimate of drug-likeness (QED) is 0.891. The molecule has 0 aliphatic heterocycles. The first kappa shape index (κ1) is 14.7. The molecule has 0 radical (unpaired) electrons. The van der Waals surface area contributed by atoms with Gasteiger partial charge in [0, 0.05) is 16.2 Å². The van der Waals surface area contributed by atoms with Crippen molar-refractivity contribution in [2.45, 2.75) is 13.3 Å². The average molecular weight is 340 g/mol. The van der Waals surface area contributed by atoms with Gasteiger partial charge in [-0.3, -0.25) is 4.79 Å². The minimum atomic E-state index is -0.715. The molecule has 0 saturated heterocycles. The standard InChI is InChI=1S/C15H12BrF2NO/c1-9-6-11(16)3-5-14(9)19-15(20)7-10-2-4-12(17)8-13(10)18/h2-6,8H,7H2,1H3,(H,19,20). The van der Waals surface area contributed by atoms with Crippen molar-refractivity contribution >= 4 is 27.5 Å². The number of anilines is 1. The molecule has 0 aromatic heterocycles. The summed E-state index contributed by atoms with van der Waals surface area (Å²) in [5, 5.41) is 2.71. The van der Waals surface area contributed by atoms with Crippen LogP contribution in [-0.2, 0) is 11.2 Å². The lowest BCUT2D eigenvalue weighted by molar-refractivity contribution is -0.115. The van der Waals surface area contributed by atoms with Crippen LogP contribution in [0.25, 0.3) is 0 Å². The van der Waals surface area contributed by atoms with Gasteiger partial charge in [0.2, 0.25) is 5.91 Å².